The summed E-state index contributed by atoms with van der Waals surface area (Å²) in [4.78, 5) is 25.4. The van der Waals surface area contributed by atoms with Gasteiger partial charge in [-0.05, 0) is 47.9 Å². The first-order valence-corrected chi connectivity index (χ1v) is 12.8. The van der Waals surface area contributed by atoms with E-state index in [4.69, 9.17) is 4.74 Å². The number of carbonyl (C=O) groups excluding carboxylic acids is 1. The van der Waals surface area contributed by atoms with E-state index < -0.39 is 47.7 Å². The molecule has 3 aromatic carbocycles. The van der Waals surface area contributed by atoms with Gasteiger partial charge < -0.3 is 15.2 Å². The number of nitrogens with one attached hydrogen (secondary N) is 1. The van der Waals surface area contributed by atoms with Crippen molar-refractivity contribution in [1.82, 2.24) is 5.32 Å². The number of carboxylic acids is 1. The summed E-state index contributed by atoms with van der Waals surface area (Å²) in [6, 6.07) is 11.6. The molecule has 0 spiro atoms. The molecule has 1 fully saturated rings. The first-order valence-electron chi connectivity index (χ1n) is 12.8. The first-order chi connectivity index (χ1) is 18.9. The fourth-order valence-corrected chi connectivity index (χ4v) is 5.27. The van der Waals surface area contributed by atoms with Gasteiger partial charge in [0.25, 0.3) is 5.91 Å². The van der Waals surface area contributed by atoms with E-state index in [9.17, 15) is 41.0 Å². The highest BCUT2D eigenvalue weighted by molar-refractivity contribution is 6.04. The van der Waals surface area contributed by atoms with Crippen LogP contribution in [0.4, 0.5) is 26.3 Å². The van der Waals surface area contributed by atoms with Crippen molar-refractivity contribution in [2.75, 3.05) is 0 Å². The van der Waals surface area contributed by atoms with Crippen molar-refractivity contribution >= 4 is 22.6 Å². The van der Waals surface area contributed by atoms with Crippen LogP contribution in [0.3, 0.4) is 0 Å². The Bertz CT molecular complexity index is 1350. The van der Waals surface area contributed by atoms with Crippen LogP contribution in [0.1, 0.15) is 53.6 Å². The summed E-state index contributed by atoms with van der Waals surface area (Å²) in [5, 5.41) is 12.9. The molecule has 1 aliphatic carbocycles. The minimum absolute atomic E-state index is 0.0270. The molecule has 0 saturated heterocycles. The standard InChI is InChI=1S/C29H27F6NO4/c30-28(31,32)20-13-10-17(11-14-20)16-40-25-21-9-5-4-6-18(21)12-15-22(25)26(37)36-24(27(38)39)23(29(33,34)35)19-7-2-1-3-8-19/h4-6,9-15,19,23-24H,1-3,7-8,16H2,(H,36,37)(H,38,39). The quantitative estimate of drug-likeness (QED) is 0.279. The number of amides is 1. The van der Waals surface area contributed by atoms with Gasteiger partial charge in [-0.25, -0.2) is 4.79 Å². The van der Waals surface area contributed by atoms with Crippen molar-refractivity contribution in [2.24, 2.45) is 11.8 Å². The lowest BCUT2D eigenvalue weighted by Gasteiger charge is -2.35. The number of hydrogen-bond donors (Lipinski definition) is 2. The number of ether oxygens (including phenoxy) is 1. The second-order valence-electron chi connectivity index (χ2n) is 9.90. The Balaban J connectivity index is 1.65. The molecular formula is C29H27F6NO4. The van der Waals surface area contributed by atoms with Crippen molar-refractivity contribution < 1.29 is 45.8 Å². The molecule has 2 N–H and O–H groups in total. The van der Waals surface area contributed by atoms with Gasteiger partial charge in [0.2, 0.25) is 0 Å². The Hall–Kier alpha value is -3.76. The summed E-state index contributed by atoms with van der Waals surface area (Å²) in [6.45, 7) is -0.248. The number of rotatable bonds is 8. The third-order valence-corrected chi connectivity index (χ3v) is 7.24. The van der Waals surface area contributed by atoms with Crippen LogP contribution in [0.2, 0.25) is 0 Å². The smallest absolute Gasteiger partial charge is 0.416 e. The minimum Gasteiger partial charge on any atom is -0.487 e. The summed E-state index contributed by atoms with van der Waals surface area (Å²) < 4.78 is 87.1. The SMILES string of the molecule is O=C(NC(C(=O)O)C(C1CCCCC1)C(F)(F)F)c1ccc2ccccc2c1OCc1ccc(C(F)(F)F)cc1. The molecule has 5 nitrogen and oxygen atoms in total. The molecule has 1 amide bonds. The van der Waals surface area contributed by atoms with E-state index in [0.717, 1.165) is 18.6 Å². The summed E-state index contributed by atoms with van der Waals surface area (Å²) in [5.74, 6) is -6.10. The van der Waals surface area contributed by atoms with Crippen molar-refractivity contribution in [3.05, 3.63) is 77.4 Å². The fraction of sp³-hybridized carbons (Fsp3) is 0.379. The van der Waals surface area contributed by atoms with Crippen LogP contribution >= 0.6 is 0 Å². The number of aliphatic carboxylic acids is 1. The average Bonchev–Trinajstić information content (AvgIpc) is 2.90. The van der Waals surface area contributed by atoms with Crippen LogP contribution in [0.25, 0.3) is 10.8 Å². The maximum atomic E-state index is 14.2. The van der Waals surface area contributed by atoms with Crippen LogP contribution in [0, 0.1) is 11.8 Å². The van der Waals surface area contributed by atoms with Crippen molar-refractivity contribution in [3.8, 4) is 5.75 Å². The highest BCUT2D eigenvalue weighted by atomic mass is 19.4. The van der Waals surface area contributed by atoms with Crippen molar-refractivity contribution in [3.63, 3.8) is 0 Å². The van der Waals surface area contributed by atoms with Crippen LogP contribution in [-0.2, 0) is 17.6 Å². The zero-order chi connectivity index (χ0) is 29.1. The third kappa shape index (κ3) is 6.68. The van der Waals surface area contributed by atoms with Crippen LogP contribution in [0.5, 0.6) is 5.75 Å². The molecule has 214 valence electrons. The normalized spacial score (nSPS) is 16.4. The summed E-state index contributed by atoms with van der Waals surface area (Å²) >= 11 is 0. The average molecular weight is 568 g/mol. The van der Waals surface area contributed by atoms with E-state index in [0.29, 0.717) is 29.2 Å². The zero-order valence-corrected chi connectivity index (χ0v) is 21.2. The van der Waals surface area contributed by atoms with E-state index in [2.05, 4.69) is 5.32 Å². The molecule has 0 heterocycles. The Morgan fingerprint density at radius 2 is 1.55 bits per heavy atom. The van der Waals surface area contributed by atoms with Gasteiger partial charge >= 0.3 is 18.3 Å². The third-order valence-electron chi connectivity index (χ3n) is 7.24. The van der Waals surface area contributed by atoms with Gasteiger partial charge in [-0.1, -0.05) is 61.7 Å². The number of fused-ring (bicyclic) bond motifs is 1. The molecular weight excluding hydrogens is 540 g/mol. The number of alkyl halides is 6. The van der Waals surface area contributed by atoms with E-state index >= 15 is 0 Å². The molecule has 0 aromatic heterocycles. The molecule has 0 radical (unpaired) electrons. The predicted molar refractivity (Wildman–Crippen MR) is 135 cm³/mol. The van der Waals surface area contributed by atoms with Gasteiger partial charge in [-0.15, -0.1) is 0 Å². The summed E-state index contributed by atoms with van der Waals surface area (Å²) in [6.07, 6.45) is -7.10. The number of benzene rings is 3. The number of hydrogen-bond acceptors (Lipinski definition) is 3. The Morgan fingerprint density at radius 1 is 0.900 bits per heavy atom. The highest BCUT2D eigenvalue weighted by Gasteiger charge is 2.52. The van der Waals surface area contributed by atoms with Gasteiger partial charge in [0.05, 0.1) is 17.0 Å². The monoisotopic (exact) mass is 567 g/mol. The molecule has 40 heavy (non-hydrogen) atoms. The lowest BCUT2D eigenvalue weighted by molar-refractivity contribution is -0.204. The molecule has 4 rings (SSSR count). The molecule has 1 aliphatic rings. The second kappa shape index (κ2) is 11.8. The highest BCUT2D eigenvalue weighted by Crippen LogP contribution is 2.42. The second-order valence-corrected chi connectivity index (χ2v) is 9.90. The Labute approximate surface area is 226 Å². The lowest BCUT2D eigenvalue weighted by atomic mass is 9.76. The van der Waals surface area contributed by atoms with Crippen LogP contribution in [0.15, 0.2) is 60.7 Å². The Kier molecular flexibility index (Phi) is 8.60. The topological polar surface area (TPSA) is 75.6 Å². The molecule has 11 heteroatoms. The molecule has 2 atom stereocenters. The fourth-order valence-electron chi connectivity index (χ4n) is 5.27. The van der Waals surface area contributed by atoms with E-state index in [1.165, 1.54) is 18.2 Å². The van der Waals surface area contributed by atoms with Crippen molar-refractivity contribution in [1.29, 1.82) is 0 Å². The number of halogens is 6. The van der Waals surface area contributed by atoms with Gasteiger partial charge in [-0.2, -0.15) is 26.3 Å². The van der Waals surface area contributed by atoms with E-state index in [1.807, 2.05) is 0 Å². The molecule has 2 unspecified atom stereocenters. The predicted octanol–water partition coefficient (Wildman–Crippen LogP) is 7.38. The summed E-state index contributed by atoms with van der Waals surface area (Å²) in [7, 11) is 0. The maximum absolute atomic E-state index is 14.2. The maximum Gasteiger partial charge on any atom is 0.416 e. The van der Waals surface area contributed by atoms with Gasteiger partial charge in [0.15, 0.2) is 0 Å². The van der Waals surface area contributed by atoms with Gasteiger partial charge in [0, 0.05) is 5.39 Å². The Morgan fingerprint density at radius 3 is 2.15 bits per heavy atom. The number of carbonyl (C=O) groups is 2. The minimum atomic E-state index is -4.86. The first kappa shape index (κ1) is 29.2. The van der Waals surface area contributed by atoms with E-state index in [-0.39, 0.29) is 30.8 Å². The van der Waals surface area contributed by atoms with Gasteiger partial charge in [-0.3, -0.25) is 4.79 Å². The largest absolute Gasteiger partial charge is 0.487 e. The van der Waals surface area contributed by atoms with Crippen molar-refractivity contribution in [2.45, 2.75) is 57.1 Å². The lowest BCUT2D eigenvalue weighted by Crippen LogP contribution is -2.53. The van der Waals surface area contributed by atoms with Gasteiger partial charge in [0.1, 0.15) is 18.4 Å². The van der Waals surface area contributed by atoms with E-state index in [1.54, 1.807) is 30.3 Å². The molecule has 0 aliphatic heterocycles. The molecule has 3 aromatic rings. The zero-order valence-electron chi connectivity index (χ0n) is 21.2. The van der Waals surface area contributed by atoms with Crippen LogP contribution < -0.4 is 10.1 Å². The summed E-state index contributed by atoms with van der Waals surface area (Å²) in [5.41, 5.74) is -0.690. The molecule has 0 bridgehead atoms. The molecule has 1 saturated carbocycles. The van der Waals surface area contributed by atoms with Crippen LogP contribution in [-0.4, -0.2) is 29.2 Å². The number of carboxylic acid groups (broad SMARTS) is 1.